The van der Waals surface area contributed by atoms with E-state index < -0.39 is 15.7 Å². The smallest absolute Gasteiger partial charge is 0.175 e. The Balaban J connectivity index is 3.47. The topological polar surface area (TPSA) is 66.4 Å². The standard InChI is InChI=1S/C8H10FNO3S/c1-5-3-6(9)7(10-11)4-8(5)14(2,12)13/h3-4,10-11H,1-2H3. The minimum Gasteiger partial charge on any atom is -0.291 e. The van der Waals surface area contributed by atoms with Crippen molar-refractivity contribution in [3.05, 3.63) is 23.5 Å². The Morgan fingerprint density at radius 3 is 2.43 bits per heavy atom. The predicted molar refractivity (Wildman–Crippen MR) is 49.7 cm³/mol. The summed E-state index contributed by atoms with van der Waals surface area (Å²) in [5.41, 5.74) is 1.65. The summed E-state index contributed by atoms with van der Waals surface area (Å²) < 4.78 is 35.4. The molecule has 0 aliphatic rings. The molecule has 1 aromatic carbocycles. The van der Waals surface area contributed by atoms with Crippen LogP contribution in [0.1, 0.15) is 5.56 Å². The van der Waals surface area contributed by atoms with Crippen molar-refractivity contribution in [3.63, 3.8) is 0 Å². The van der Waals surface area contributed by atoms with Crippen LogP contribution >= 0.6 is 0 Å². The van der Waals surface area contributed by atoms with Gasteiger partial charge < -0.3 is 0 Å². The molecule has 0 amide bonds. The van der Waals surface area contributed by atoms with Gasteiger partial charge in [-0.05, 0) is 24.6 Å². The van der Waals surface area contributed by atoms with Gasteiger partial charge in [0.15, 0.2) is 9.84 Å². The van der Waals surface area contributed by atoms with Crippen LogP contribution in [-0.4, -0.2) is 19.9 Å². The average Bonchev–Trinajstić information content (AvgIpc) is 2.02. The minimum absolute atomic E-state index is 0.00421. The molecule has 0 aliphatic carbocycles. The van der Waals surface area contributed by atoms with E-state index in [4.69, 9.17) is 5.21 Å². The fourth-order valence-electron chi connectivity index (χ4n) is 1.14. The monoisotopic (exact) mass is 219 g/mol. The third kappa shape index (κ3) is 2.02. The second-order valence-electron chi connectivity index (χ2n) is 2.98. The molecule has 0 radical (unpaired) electrons. The van der Waals surface area contributed by atoms with Gasteiger partial charge in [-0.15, -0.1) is 0 Å². The van der Waals surface area contributed by atoms with Crippen molar-refractivity contribution >= 4 is 15.5 Å². The van der Waals surface area contributed by atoms with E-state index in [2.05, 4.69) is 0 Å². The molecule has 1 aromatic rings. The summed E-state index contributed by atoms with van der Waals surface area (Å²) in [6, 6.07) is 2.11. The summed E-state index contributed by atoms with van der Waals surface area (Å²) in [5, 5.41) is 8.51. The molecule has 14 heavy (non-hydrogen) atoms. The molecule has 0 saturated heterocycles. The van der Waals surface area contributed by atoms with Gasteiger partial charge in [-0.2, -0.15) is 0 Å². The molecule has 2 N–H and O–H groups in total. The van der Waals surface area contributed by atoms with E-state index in [9.17, 15) is 12.8 Å². The van der Waals surface area contributed by atoms with Crippen LogP contribution in [0.25, 0.3) is 0 Å². The molecule has 0 bridgehead atoms. The van der Waals surface area contributed by atoms with E-state index in [-0.39, 0.29) is 10.6 Å². The zero-order valence-electron chi connectivity index (χ0n) is 7.70. The van der Waals surface area contributed by atoms with Gasteiger partial charge in [0.1, 0.15) is 5.82 Å². The third-order valence-electron chi connectivity index (χ3n) is 1.78. The van der Waals surface area contributed by atoms with Crippen LogP contribution in [0.4, 0.5) is 10.1 Å². The van der Waals surface area contributed by atoms with Crippen molar-refractivity contribution in [2.45, 2.75) is 11.8 Å². The first kappa shape index (κ1) is 10.9. The lowest BCUT2D eigenvalue weighted by atomic mass is 10.2. The Kier molecular flexibility index (Phi) is 2.77. The molecule has 1 rings (SSSR count). The van der Waals surface area contributed by atoms with Crippen LogP contribution in [-0.2, 0) is 9.84 Å². The molecule has 6 heteroatoms. The molecule has 0 aliphatic heterocycles. The Morgan fingerprint density at radius 2 is 2.00 bits per heavy atom. The maximum Gasteiger partial charge on any atom is 0.175 e. The van der Waals surface area contributed by atoms with Gasteiger partial charge in [0, 0.05) is 6.26 Å². The van der Waals surface area contributed by atoms with Gasteiger partial charge in [0.25, 0.3) is 0 Å². The fourth-order valence-corrected chi connectivity index (χ4v) is 2.11. The van der Waals surface area contributed by atoms with Crippen molar-refractivity contribution in [2.24, 2.45) is 0 Å². The molecule has 78 valence electrons. The van der Waals surface area contributed by atoms with Crippen molar-refractivity contribution in [1.82, 2.24) is 0 Å². The molecular weight excluding hydrogens is 209 g/mol. The normalized spacial score (nSPS) is 11.4. The summed E-state index contributed by atoms with van der Waals surface area (Å²) >= 11 is 0. The fraction of sp³-hybridized carbons (Fsp3) is 0.250. The molecule has 0 spiro atoms. The van der Waals surface area contributed by atoms with Crippen molar-refractivity contribution in [3.8, 4) is 0 Å². The zero-order chi connectivity index (χ0) is 10.9. The van der Waals surface area contributed by atoms with E-state index in [1.807, 2.05) is 0 Å². The number of sulfone groups is 1. The summed E-state index contributed by atoms with van der Waals surface area (Å²) in [7, 11) is -3.40. The summed E-state index contributed by atoms with van der Waals surface area (Å²) in [4.78, 5) is -0.00421. The molecular formula is C8H10FNO3S. The van der Waals surface area contributed by atoms with Crippen LogP contribution in [0.3, 0.4) is 0 Å². The van der Waals surface area contributed by atoms with E-state index in [0.29, 0.717) is 5.56 Å². The van der Waals surface area contributed by atoms with E-state index in [1.165, 1.54) is 6.92 Å². The first-order chi connectivity index (χ1) is 6.36. The molecule has 0 atom stereocenters. The number of benzene rings is 1. The number of rotatable bonds is 2. The highest BCUT2D eigenvalue weighted by atomic mass is 32.2. The van der Waals surface area contributed by atoms with Gasteiger partial charge in [-0.25, -0.2) is 12.8 Å². The third-order valence-corrected chi connectivity index (χ3v) is 3.02. The Morgan fingerprint density at radius 1 is 1.43 bits per heavy atom. The quantitative estimate of drug-likeness (QED) is 0.582. The Labute approximate surface area is 81.3 Å². The number of halogens is 1. The van der Waals surface area contributed by atoms with Gasteiger partial charge in [0.2, 0.25) is 0 Å². The molecule has 0 saturated carbocycles. The number of anilines is 1. The first-order valence-corrected chi connectivity index (χ1v) is 5.65. The molecule has 0 aromatic heterocycles. The van der Waals surface area contributed by atoms with Crippen LogP contribution in [0.5, 0.6) is 0 Å². The van der Waals surface area contributed by atoms with Gasteiger partial charge in [-0.1, -0.05) is 0 Å². The minimum atomic E-state index is -3.40. The molecule has 0 unspecified atom stereocenters. The Hall–Kier alpha value is -1.14. The highest BCUT2D eigenvalue weighted by Crippen LogP contribution is 2.22. The number of hydrogen-bond acceptors (Lipinski definition) is 4. The SMILES string of the molecule is Cc1cc(F)c(NO)cc1S(C)(=O)=O. The second kappa shape index (κ2) is 3.55. The lowest BCUT2D eigenvalue weighted by Crippen LogP contribution is -2.03. The lowest BCUT2D eigenvalue weighted by molar-refractivity contribution is 0.383. The van der Waals surface area contributed by atoms with E-state index >= 15 is 0 Å². The average molecular weight is 219 g/mol. The maximum atomic E-state index is 13.0. The van der Waals surface area contributed by atoms with Gasteiger partial charge in [-0.3, -0.25) is 10.7 Å². The van der Waals surface area contributed by atoms with Crippen molar-refractivity contribution in [1.29, 1.82) is 0 Å². The van der Waals surface area contributed by atoms with Crippen LogP contribution in [0.2, 0.25) is 0 Å². The highest BCUT2D eigenvalue weighted by molar-refractivity contribution is 7.90. The maximum absolute atomic E-state index is 13.0. The lowest BCUT2D eigenvalue weighted by Gasteiger charge is -2.07. The number of nitrogens with one attached hydrogen (secondary N) is 1. The molecule has 0 fully saturated rings. The van der Waals surface area contributed by atoms with Crippen LogP contribution in [0.15, 0.2) is 17.0 Å². The van der Waals surface area contributed by atoms with Gasteiger partial charge in [0.05, 0.1) is 10.6 Å². The summed E-state index contributed by atoms with van der Waals surface area (Å²) in [6.07, 6.45) is 1.02. The van der Waals surface area contributed by atoms with Crippen LogP contribution in [0, 0.1) is 12.7 Å². The first-order valence-electron chi connectivity index (χ1n) is 3.76. The van der Waals surface area contributed by atoms with Gasteiger partial charge >= 0.3 is 0 Å². The van der Waals surface area contributed by atoms with E-state index in [1.54, 1.807) is 5.48 Å². The van der Waals surface area contributed by atoms with Crippen molar-refractivity contribution in [2.75, 3.05) is 11.7 Å². The zero-order valence-corrected chi connectivity index (χ0v) is 8.52. The second-order valence-corrected chi connectivity index (χ2v) is 4.97. The summed E-state index contributed by atoms with van der Waals surface area (Å²) in [5.74, 6) is -0.697. The number of hydrogen-bond donors (Lipinski definition) is 2. The largest absolute Gasteiger partial charge is 0.291 e. The Bertz CT molecular complexity index is 456. The van der Waals surface area contributed by atoms with Crippen molar-refractivity contribution < 1.29 is 18.0 Å². The highest BCUT2D eigenvalue weighted by Gasteiger charge is 2.14. The number of aryl methyl sites for hydroxylation is 1. The van der Waals surface area contributed by atoms with E-state index in [0.717, 1.165) is 18.4 Å². The predicted octanol–water partition coefficient (Wildman–Crippen LogP) is 1.34. The summed E-state index contributed by atoms with van der Waals surface area (Å²) in [6.45, 7) is 1.49. The van der Waals surface area contributed by atoms with Crippen LogP contribution < -0.4 is 5.48 Å². The molecule has 4 nitrogen and oxygen atoms in total. The molecule has 0 heterocycles.